The van der Waals surface area contributed by atoms with Gasteiger partial charge in [0.15, 0.2) is 0 Å². The van der Waals surface area contributed by atoms with Crippen LogP contribution < -0.4 is 11.1 Å². The number of thiophene rings is 1. The SMILES string of the molecule is Nc1cccc(C(=O)NCc2cc(Br)cs2)c1Br. The average molecular weight is 390 g/mol. The van der Waals surface area contributed by atoms with Crippen molar-refractivity contribution < 1.29 is 4.79 Å². The number of amides is 1. The van der Waals surface area contributed by atoms with Crippen molar-refractivity contribution in [3.63, 3.8) is 0 Å². The molecule has 0 unspecified atom stereocenters. The standard InChI is InChI=1S/C12H10Br2N2OS/c13-7-4-8(18-6-7)5-16-12(17)9-2-1-3-10(15)11(9)14/h1-4,6H,5,15H2,(H,16,17). The molecule has 3 N–H and O–H groups in total. The Morgan fingerprint density at radius 2 is 2.17 bits per heavy atom. The smallest absolute Gasteiger partial charge is 0.252 e. The van der Waals surface area contributed by atoms with Crippen LogP contribution in [0.1, 0.15) is 15.2 Å². The van der Waals surface area contributed by atoms with Gasteiger partial charge in [0.05, 0.1) is 16.6 Å². The van der Waals surface area contributed by atoms with E-state index in [1.165, 1.54) is 0 Å². The number of hydrogen-bond acceptors (Lipinski definition) is 3. The maximum atomic E-state index is 12.0. The van der Waals surface area contributed by atoms with Crippen LogP contribution in [0, 0.1) is 0 Å². The quantitative estimate of drug-likeness (QED) is 0.784. The molecule has 0 spiro atoms. The summed E-state index contributed by atoms with van der Waals surface area (Å²) in [6, 6.07) is 7.23. The van der Waals surface area contributed by atoms with Gasteiger partial charge in [-0.05, 0) is 50.1 Å². The lowest BCUT2D eigenvalue weighted by molar-refractivity contribution is 0.0950. The molecule has 0 aliphatic carbocycles. The van der Waals surface area contributed by atoms with E-state index in [-0.39, 0.29) is 5.91 Å². The molecule has 0 radical (unpaired) electrons. The Morgan fingerprint density at radius 3 is 2.83 bits per heavy atom. The monoisotopic (exact) mass is 388 g/mol. The first-order valence-electron chi connectivity index (χ1n) is 5.13. The molecule has 1 aromatic heterocycles. The highest BCUT2D eigenvalue weighted by atomic mass is 79.9. The molecule has 18 heavy (non-hydrogen) atoms. The first-order chi connectivity index (χ1) is 8.58. The van der Waals surface area contributed by atoms with Crippen molar-refractivity contribution in [2.24, 2.45) is 0 Å². The summed E-state index contributed by atoms with van der Waals surface area (Å²) in [5.41, 5.74) is 6.84. The summed E-state index contributed by atoms with van der Waals surface area (Å²) in [5.74, 6) is -0.140. The summed E-state index contributed by atoms with van der Waals surface area (Å²) in [5, 5.41) is 4.85. The zero-order chi connectivity index (χ0) is 13.1. The maximum Gasteiger partial charge on any atom is 0.252 e. The van der Waals surface area contributed by atoms with Crippen LogP contribution in [-0.2, 0) is 6.54 Å². The van der Waals surface area contributed by atoms with Gasteiger partial charge in [0.1, 0.15) is 0 Å². The van der Waals surface area contributed by atoms with Crippen molar-refractivity contribution in [1.82, 2.24) is 5.32 Å². The molecule has 0 fully saturated rings. The highest BCUT2D eigenvalue weighted by Crippen LogP contribution is 2.24. The molecule has 6 heteroatoms. The van der Waals surface area contributed by atoms with Crippen molar-refractivity contribution in [2.45, 2.75) is 6.54 Å². The number of carbonyl (C=O) groups excluding carboxylic acids is 1. The molecule has 94 valence electrons. The molecule has 0 aliphatic rings. The Hall–Kier alpha value is -0.850. The summed E-state index contributed by atoms with van der Waals surface area (Å²) in [6.45, 7) is 0.510. The lowest BCUT2D eigenvalue weighted by Gasteiger charge is -2.07. The maximum absolute atomic E-state index is 12.0. The molecular formula is C12H10Br2N2OS. The van der Waals surface area contributed by atoms with Gasteiger partial charge in [-0.3, -0.25) is 4.79 Å². The predicted molar refractivity (Wildman–Crippen MR) is 81.7 cm³/mol. The van der Waals surface area contributed by atoms with Crippen LogP contribution in [0.5, 0.6) is 0 Å². The molecule has 3 nitrogen and oxygen atoms in total. The fourth-order valence-corrected chi connectivity index (χ4v) is 3.27. The third-order valence-corrected chi connectivity index (χ3v) is 4.90. The normalized spacial score (nSPS) is 10.3. The Balaban J connectivity index is 2.06. The third kappa shape index (κ3) is 3.13. The minimum atomic E-state index is -0.140. The van der Waals surface area contributed by atoms with Crippen LogP contribution in [0.25, 0.3) is 0 Å². The van der Waals surface area contributed by atoms with E-state index >= 15 is 0 Å². The van der Waals surface area contributed by atoms with Crippen molar-refractivity contribution in [3.8, 4) is 0 Å². The number of rotatable bonds is 3. The van der Waals surface area contributed by atoms with E-state index in [1.54, 1.807) is 29.5 Å². The van der Waals surface area contributed by atoms with Gasteiger partial charge in [-0.2, -0.15) is 0 Å². The van der Waals surface area contributed by atoms with Crippen LogP contribution >= 0.6 is 43.2 Å². The molecule has 1 aromatic carbocycles. The summed E-state index contributed by atoms with van der Waals surface area (Å²) in [7, 11) is 0. The minimum Gasteiger partial charge on any atom is -0.398 e. The van der Waals surface area contributed by atoms with Crippen molar-refractivity contribution in [1.29, 1.82) is 0 Å². The Bertz CT molecular complexity index is 583. The van der Waals surface area contributed by atoms with E-state index in [0.29, 0.717) is 22.3 Å². The second kappa shape index (κ2) is 5.86. The number of carbonyl (C=O) groups is 1. The van der Waals surface area contributed by atoms with Crippen molar-refractivity contribution in [3.05, 3.63) is 49.0 Å². The van der Waals surface area contributed by atoms with Gasteiger partial charge in [0.25, 0.3) is 5.91 Å². The highest BCUT2D eigenvalue weighted by molar-refractivity contribution is 9.11. The fourth-order valence-electron chi connectivity index (χ4n) is 1.43. The summed E-state index contributed by atoms with van der Waals surface area (Å²) in [6.07, 6.45) is 0. The Morgan fingerprint density at radius 1 is 1.39 bits per heavy atom. The average Bonchev–Trinajstić information content (AvgIpc) is 2.76. The highest BCUT2D eigenvalue weighted by Gasteiger charge is 2.11. The van der Waals surface area contributed by atoms with E-state index in [0.717, 1.165) is 9.35 Å². The van der Waals surface area contributed by atoms with E-state index in [2.05, 4.69) is 37.2 Å². The summed E-state index contributed by atoms with van der Waals surface area (Å²) < 4.78 is 1.66. The fraction of sp³-hybridized carbons (Fsp3) is 0.0833. The van der Waals surface area contributed by atoms with Gasteiger partial charge in [0.2, 0.25) is 0 Å². The lowest BCUT2D eigenvalue weighted by atomic mass is 10.2. The van der Waals surface area contributed by atoms with Gasteiger partial charge in [-0.25, -0.2) is 0 Å². The van der Waals surface area contributed by atoms with E-state index in [4.69, 9.17) is 5.73 Å². The summed E-state index contributed by atoms with van der Waals surface area (Å²) >= 11 is 8.30. The van der Waals surface area contributed by atoms with Gasteiger partial charge in [-0.1, -0.05) is 6.07 Å². The van der Waals surface area contributed by atoms with Gasteiger partial charge in [0, 0.05) is 20.4 Å². The van der Waals surface area contributed by atoms with Gasteiger partial charge < -0.3 is 11.1 Å². The van der Waals surface area contributed by atoms with Crippen molar-refractivity contribution >= 4 is 54.8 Å². The number of anilines is 1. The molecule has 0 aliphatic heterocycles. The van der Waals surface area contributed by atoms with Gasteiger partial charge >= 0.3 is 0 Å². The molecule has 0 atom stereocenters. The predicted octanol–water partition coefficient (Wildman–Crippen LogP) is 3.79. The second-order valence-electron chi connectivity index (χ2n) is 3.62. The summed E-state index contributed by atoms with van der Waals surface area (Å²) in [4.78, 5) is 13.1. The molecule has 2 rings (SSSR count). The molecule has 2 aromatic rings. The molecule has 1 heterocycles. The van der Waals surface area contributed by atoms with E-state index in [1.807, 2.05) is 11.4 Å². The minimum absolute atomic E-state index is 0.140. The number of halogens is 2. The second-order valence-corrected chi connectivity index (χ2v) is 6.33. The lowest BCUT2D eigenvalue weighted by Crippen LogP contribution is -2.22. The number of hydrogen-bond donors (Lipinski definition) is 2. The molecule has 0 saturated carbocycles. The number of nitrogens with two attached hydrogens (primary N) is 1. The molecular weight excluding hydrogens is 380 g/mol. The van der Waals surface area contributed by atoms with Crippen molar-refractivity contribution in [2.75, 3.05) is 5.73 Å². The molecule has 0 bridgehead atoms. The number of benzene rings is 1. The zero-order valence-electron chi connectivity index (χ0n) is 9.24. The van der Waals surface area contributed by atoms with Crippen LogP contribution in [0.15, 0.2) is 38.6 Å². The Kier molecular flexibility index (Phi) is 4.42. The number of nitrogens with one attached hydrogen (secondary N) is 1. The van der Waals surface area contributed by atoms with Crippen LogP contribution in [0.4, 0.5) is 5.69 Å². The number of nitrogen functional groups attached to an aromatic ring is 1. The first-order valence-corrected chi connectivity index (χ1v) is 7.59. The van der Waals surface area contributed by atoms with Gasteiger partial charge in [-0.15, -0.1) is 11.3 Å². The van der Waals surface area contributed by atoms with Crippen LogP contribution in [0.3, 0.4) is 0 Å². The Labute approximate surface area is 126 Å². The van der Waals surface area contributed by atoms with E-state index in [9.17, 15) is 4.79 Å². The zero-order valence-corrected chi connectivity index (χ0v) is 13.2. The largest absolute Gasteiger partial charge is 0.398 e. The topological polar surface area (TPSA) is 55.1 Å². The van der Waals surface area contributed by atoms with Crippen LogP contribution in [-0.4, -0.2) is 5.91 Å². The first kappa shape index (κ1) is 13.6. The van der Waals surface area contributed by atoms with Crippen LogP contribution in [0.2, 0.25) is 0 Å². The third-order valence-electron chi connectivity index (χ3n) is 2.32. The van der Waals surface area contributed by atoms with E-state index < -0.39 is 0 Å². The molecule has 1 amide bonds. The molecule has 0 saturated heterocycles.